The van der Waals surface area contributed by atoms with E-state index in [9.17, 15) is 14.4 Å². The van der Waals surface area contributed by atoms with Crippen molar-refractivity contribution in [3.63, 3.8) is 0 Å². The Kier molecular flexibility index (Phi) is 13.0. The summed E-state index contributed by atoms with van der Waals surface area (Å²) in [4.78, 5) is 33.2. The first-order chi connectivity index (χ1) is 17.4. The van der Waals surface area contributed by atoms with Crippen molar-refractivity contribution in [3.05, 3.63) is 83.9 Å². The maximum Gasteiger partial charge on any atom is 0.328 e. The van der Waals surface area contributed by atoms with Crippen LogP contribution < -0.4 is 0 Å². The Morgan fingerprint density at radius 2 is 1.42 bits per heavy atom. The minimum atomic E-state index is -1.26. The Labute approximate surface area is 212 Å². The van der Waals surface area contributed by atoms with Gasteiger partial charge in [-0.3, -0.25) is 4.79 Å². The lowest BCUT2D eigenvalue weighted by Gasteiger charge is -2.32. The molecule has 1 fully saturated rings. The summed E-state index contributed by atoms with van der Waals surface area (Å²) in [5.41, 5.74) is 2.36. The predicted octanol–water partition coefficient (Wildman–Crippen LogP) is 4.17. The maximum atomic E-state index is 11.7. The zero-order valence-corrected chi connectivity index (χ0v) is 20.6. The minimum absolute atomic E-state index is 0.0382. The van der Waals surface area contributed by atoms with E-state index in [2.05, 4.69) is 53.4 Å². The number of hydrogen-bond acceptors (Lipinski definition) is 6. The summed E-state index contributed by atoms with van der Waals surface area (Å²) in [6.07, 6.45) is 3.75. The third-order valence-corrected chi connectivity index (χ3v) is 5.73. The Balaban J connectivity index is 0.000000493. The van der Waals surface area contributed by atoms with Crippen LogP contribution in [0.5, 0.6) is 0 Å². The fraction of sp³-hybridized carbons (Fsp3) is 0.393. The lowest BCUT2D eigenvalue weighted by Crippen LogP contribution is -2.36. The average Bonchev–Trinajstić information content (AvgIpc) is 2.88. The normalized spacial score (nSPS) is 14.3. The van der Waals surface area contributed by atoms with E-state index in [0.29, 0.717) is 37.7 Å². The minimum Gasteiger partial charge on any atom is -0.478 e. The fourth-order valence-corrected chi connectivity index (χ4v) is 3.95. The zero-order chi connectivity index (χ0) is 26.2. The molecule has 0 amide bonds. The summed E-state index contributed by atoms with van der Waals surface area (Å²) in [6, 6.07) is 20.8. The van der Waals surface area contributed by atoms with Gasteiger partial charge >= 0.3 is 17.9 Å². The number of likely N-dealkylation sites (tertiary alicyclic amines) is 1. The molecule has 0 unspecified atom stereocenters. The SMILES string of the molecule is CCOC(=O)CC1CCN(CCOC(c2ccccc2)c2ccccc2)CC1.O=C(O)/C=C\C(=O)O. The average molecular weight is 498 g/mol. The number of rotatable bonds is 11. The van der Waals surface area contributed by atoms with Crippen molar-refractivity contribution >= 4 is 17.9 Å². The molecule has 0 bridgehead atoms. The molecule has 8 nitrogen and oxygen atoms in total. The molecule has 36 heavy (non-hydrogen) atoms. The first kappa shape index (κ1) is 28.7. The van der Waals surface area contributed by atoms with Gasteiger partial charge in [0.25, 0.3) is 0 Å². The molecule has 0 aromatic heterocycles. The van der Waals surface area contributed by atoms with Crippen molar-refractivity contribution in [3.8, 4) is 0 Å². The highest BCUT2D eigenvalue weighted by Crippen LogP contribution is 2.26. The summed E-state index contributed by atoms with van der Waals surface area (Å²) >= 11 is 0. The van der Waals surface area contributed by atoms with E-state index in [4.69, 9.17) is 19.7 Å². The molecule has 1 aliphatic rings. The van der Waals surface area contributed by atoms with Gasteiger partial charge in [0, 0.05) is 25.1 Å². The fourth-order valence-electron chi connectivity index (χ4n) is 3.95. The van der Waals surface area contributed by atoms with Crippen molar-refractivity contribution < 1.29 is 34.1 Å². The summed E-state index contributed by atoms with van der Waals surface area (Å²) in [6.45, 7) is 5.99. The molecule has 1 aliphatic heterocycles. The van der Waals surface area contributed by atoms with Crippen LogP contribution in [0.4, 0.5) is 0 Å². The molecule has 0 atom stereocenters. The second-order valence-electron chi connectivity index (χ2n) is 8.38. The lowest BCUT2D eigenvalue weighted by molar-refractivity contribution is -0.144. The van der Waals surface area contributed by atoms with Crippen molar-refractivity contribution in [1.29, 1.82) is 0 Å². The molecule has 2 aromatic rings. The van der Waals surface area contributed by atoms with Crippen LogP contribution in [0.1, 0.15) is 43.4 Å². The van der Waals surface area contributed by atoms with Gasteiger partial charge in [0.2, 0.25) is 0 Å². The Hall–Kier alpha value is -3.49. The topological polar surface area (TPSA) is 113 Å². The molecule has 0 aliphatic carbocycles. The highest BCUT2D eigenvalue weighted by Gasteiger charge is 2.22. The first-order valence-corrected chi connectivity index (χ1v) is 12.1. The Bertz CT molecular complexity index is 899. The third kappa shape index (κ3) is 11.3. The number of nitrogens with zero attached hydrogens (tertiary/aromatic N) is 1. The number of aliphatic carboxylic acids is 2. The number of piperidine rings is 1. The second-order valence-corrected chi connectivity index (χ2v) is 8.38. The quantitative estimate of drug-likeness (QED) is 0.351. The molecule has 1 saturated heterocycles. The maximum absolute atomic E-state index is 11.7. The van der Waals surface area contributed by atoms with Gasteiger partial charge in [-0.25, -0.2) is 9.59 Å². The number of ether oxygens (including phenoxy) is 2. The number of hydrogen-bond donors (Lipinski definition) is 2. The van der Waals surface area contributed by atoms with Crippen LogP contribution >= 0.6 is 0 Å². The molecular weight excluding hydrogens is 462 g/mol. The highest BCUT2D eigenvalue weighted by molar-refractivity contribution is 5.89. The van der Waals surface area contributed by atoms with E-state index in [1.807, 2.05) is 19.1 Å². The lowest BCUT2D eigenvalue weighted by atomic mass is 9.93. The molecule has 0 saturated carbocycles. The van der Waals surface area contributed by atoms with Crippen LogP contribution in [0.25, 0.3) is 0 Å². The van der Waals surface area contributed by atoms with Gasteiger partial charge in [0.05, 0.1) is 13.2 Å². The number of carbonyl (C=O) groups excluding carboxylic acids is 1. The molecule has 8 heteroatoms. The van der Waals surface area contributed by atoms with Gasteiger partial charge in [-0.05, 0) is 49.9 Å². The van der Waals surface area contributed by atoms with Gasteiger partial charge in [0.1, 0.15) is 6.10 Å². The largest absolute Gasteiger partial charge is 0.478 e. The van der Waals surface area contributed by atoms with Crippen LogP contribution in [0, 0.1) is 5.92 Å². The summed E-state index contributed by atoms with van der Waals surface area (Å²) in [5, 5.41) is 15.6. The van der Waals surface area contributed by atoms with E-state index < -0.39 is 11.9 Å². The van der Waals surface area contributed by atoms with Gasteiger partial charge in [-0.2, -0.15) is 0 Å². The van der Waals surface area contributed by atoms with Gasteiger partial charge in [-0.15, -0.1) is 0 Å². The van der Waals surface area contributed by atoms with Crippen molar-refractivity contribution in [2.75, 3.05) is 32.8 Å². The number of carboxylic acid groups (broad SMARTS) is 2. The van der Waals surface area contributed by atoms with Crippen molar-refractivity contribution in [1.82, 2.24) is 4.90 Å². The molecule has 2 aromatic carbocycles. The first-order valence-electron chi connectivity index (χ1n) is 12.1. The van der Waals surface area contributed by atoms with Crippen molar-refractivity contribution in [2.45, 2.75) is 32.3 Å². The Morgan fingerprint density at radius 1 is 0.917 bits per heavy atom. The molecule has 0 radical (unpaired) electrons. The van der Waals surface area contributed by atoms with Gasteiger partial charge in [0.15, 0.2) is 0 Å². The number of benzene rings is 2. The van der Waals surface area contributed by atoms with Gasteiger partial charge < -0.3 is 24.6 Å². The summed E-state index contributed by atoms with van der Waals surface area (Å²) in [7, 11) is 0. The van der Waals surface area contributed by atoms with Crippen LogP contribution in [0.15, 0.2) is 72.8 Å². The molecule has 1 heterocycles. The summed E-state index contributed by atoms with van der Waals surface area (Å²) < 4.78 is 11.4. The van der Waals surface area contributed by atoms with Crippen LogP contribution in [-0.2, 0) is 23.9 Å². The van der Waals surface area contributed by atoms with Crippen LogP contribution in [0.2, 0.25) is 0 Å². The molecule has 2 N–H and O–H groups in total. The number of carboxylic acids is 2. The monoisotopic (exact) mass is 497 g/mol. The zero-order valence-electron chi connectivity index (χ0n) is 20.6. The van der Waals surface area contributed by atoms with Crippen molar-refractivity contribution in [2.24, 2.45) is 5.92 Å². The van der Waals surface area contributed by atoms with Gasteiger partial charge in [-0.1, -0.05) is 60.7 Å². The van der Waals surface area contributed by atoms with E-state index >= 15 is 0 Å². The smallest absolute Gasteiger partial charge is 0.328 e. The molecular formula is C28H35NO7. The standard InChI is InChI=1S/C24H31NO3.C4H4O4/c1-2-27-23(26)19-20-13-15-25(16-14-20)17-18-28-24(21-9-5-3-6-10-21)22-11-7-4-8-12-22;5-3(6)1-2-4(7)8/h3-12,20,24H,2,13-19H2,1H3;1-2H,(H,5,6)(H,7,8)/b;2-1-. The van der Waals surface area contributed by atoms with E-state index in [-0.39, 0.29) is 12.1 Å². The summed E-state index contributed by atoms with van der Waals surface area (Å²) in [5.74, 6) is -2.12. The second kappa shape index (κ2) is 16.2. The van der Waals surface area contributed by atoms with E-state index in [1.54, 1.807) is 0 Å². The number of esters is 1. The molecule has 0 spiro atoms. The number of carbonyl (C=O) groups is 3. The van der Waals surface area contributed by atoms with Crippen LogP contribution in [-0.4, -0.2) is 65.9 Å². The third-order valence-electron chi connectivity index (χ3n) is 5.73. The molecule has 3 rings (SSSR count). The molecule has 194 valence electrons. The van der Waals surface area contributed by atoms with E-state index in [1.165, 1.54) is 11.1 Å². The van der Waals surface area contributed by atoms with E-state index in [0.717, 1.165) is 32.5 Å². The van der Waals surface area contributed by atoms with Crippen LogP contribution in [0.3, 0.4) is 0 Å². The predicted molar refractivity (Wildman–Crippen MR) is 136 cm³/mol. The highest BCUT2D eigenvalue weighted by atomic mass is 16.5. The Morgan fingerprint density at radius 3 is 1.86 bits per heavy atom.